The van der Waals surface area contributed by atoms with Crippen molar-refractivity contribution in [3.05, 3.63) is 35.4 Å². The van der Waals surface area contributed by atoms with Crippen molar-refractivity contribution in [3.63, 3.8) is 0 Å². The summed E-state index contributed by atoms with van der Waals surface area (Å²) >= 11 is 0. The van der Waals surface area contributed by atoms with Crippen molar-refractivity contribution >= 4 is 33.5 Å². The van der Waals surface area contributed by atoms with Gasteiger partial charge in [0.1, 0.15) is 12.1 Å². The number of rotatable bonds is 5. The molecule has 1 aromatic rings. The molecule has 34 heavy (non-hydrogen) atoms. The fourth-order valence-corrected chi connectivity index (χ4v) is 4.82. The molecule has 0 radical (unpaired) electrons. The fourth-order valence-electron chi connectivity index (χ4n) is 3.42. The standard InChI is InChI=1S/C19H20F3N3O8S/c20-19(21,22)11-3-1-2-10(6-11)16(28)24-13-9-34(31,32)5-4-25(17(13)29)8-14(26)23-12-7-15(27)33-18(12)30/h1-3,6,12-13,18,30H,4-5,7-9H2,(H,23,26)(H,24,28)/t12-,13-,18?/m0/s1. The Kier molecular flexibility index (Phi) is 7.16. The lowest BCUT2D eigenvalue weighted by Crippen LogP contribution is -2.53. The van der Waals surface area contributed by atoms with Gasteiger partial charge in [-0.2, -0.15) is 13.2 Å². The number of carbonyl (C=O) groups is 4. The van der Waals surface area contributed by atoms with Crippen LogP contribution in [0.25, 0.3) is 0 Å². The zero-order chi connectivity index (χ0) is 25.3. The zero-order valence-electron chi connectivity index (χ0n) is 17.4. The van der Waals surface area contributed by atoms with E-state index in [-0.39, 0.29) is 13.0 Å². The van der Waals surface area contributed by atoms with Gasteiger partial charge in [0.15, 0.2) is 9.84 Å². The van der Waals surface area contributed by atoms with Crippen LogP contribution < -0.4 is 10.6 Å². The minimum Gasteiger partial charge on any atom is -0.434 e. The second-order valence-corrected chi connectivity index (χ2v) is 9.97. The number of hydrogen-bond acceptors (Lipinski definition) is 8. The number of esters is 1. The quantitative estimate of drug-likeness (QED) is 0.420. The van der Waals surface area contributed by atoms with Crippen molar-refractivity contribution in [2.75, 3.05) is 24.6 Å². The Morgan fingerprint density at radius 2 is 1.91 bits per heavy atom. The fraction of sp³-hybridized carbons (Fsp3) is 0.474. The summed E-state index contributed by atoms with van der Waals surface area (Å²) < 4.78 is 67.8. The normalized spacial score (nSPS) is 24.8. The van der Waals surface area contributed by atoms with Gasteiger partial charge in [-0.15, -0.1) is 0 Å². The van der Waals surface area contributed by atoms with E-state index in [2.05, 4.69) is 15.4 Å². The Bertz CT molecular complexity index is 1110. The van der Waals surface area contributed by atoms with Crippen molar-refractivity contribution in [3.8, 4) is 0 Å². The van der Waals surface area contributed by atoms with Crippen molar-refractivity contribution in [1.29, 1.82) is 0 Å². The minimum atomic E-state index is -4.72. The smallest absolute Gasteiger partial charge is 0.416 e. The van der Waals surface area contributed by atoms with E-state index in [1.165, 1.54) is 0 Å². The third-order valence-electron chi connectivity index (χ3n) is 5.12. The Morgan fingerprint density at radius 3 is 2.53 bits per heavy atom. The summed E-state index contributed by atoms with van der Waals surface area (Å²) in [4.78, 5) is 49.7. The first-order chi connectivity index (χ1) is 15.7. The van der Waals surface area contributed by atoms with E-state index in [1.807, 2.05) is 0 Å². The van der Waals surface area contributed by atoms with Crippen molar-refractivity contribution in [2.24, 2.45) is 0 Å². The summed E-state index contributed by atoms with van der Waals surface area (Å²) in [5.74, 6) is -4.93. The van der Waals surface area contributed by atoms with E-state index in [9.17, 15) is 45.9 Å². The molecule has 2 fully saturated rings. The summed E-state index contributed by atoms with van der Waals surface area (Å²) in [5.41, 5.74) is -1.54. The number of carbonyl (C=O) groups excluding carboxylic acids is 4. The van der Waals surface area contributed by atoms with Gasteiger partial charge < -0.3 is 25.4 Å². The zero-order valence-corrected chi connectivity index (χ0v) is 18.2. The van der Waals surface area contributed by atoms with Gasteiger partial charge >= 0.3 is 12.1 Å². The van der Waals surface area contributed by atoms with Crippen LogP contribution in [-0.2, 0) is 35.1 Å². The van der Waals surface area contributed by atoms with Crippen LogP contribution in [0.3, 0.4) is 0 Å². The molecule has 2 saturated heterocycles. The molecule has 3 atom stereocenters. The first kappa shape index (κ1) is 25.4. The van der Waals surface area contributed by atoms with Gasteiger partial charge in [-0.25, -0.2) is 8.42 Å². The molecule has 0 aromatic heterocycles. The van der Waals surface area contributed by atoms with Gasteiger partial charge in [-0.3, -0.25) is 19.2 Å². The Balaban J connectivity index is 1.72. The van der Waals surface area contributed by atoms with E-state index < -0.39 is 87.3 Å². The van der Waals surface area contributed by atoms with Crippen LogP contribution in [0.15, 0.2) is 24.3 Å². The maximum atomic E-state index is 12.9. The van der Waals surface area contributed by atoms with Crippen LogP contribution >= 0.6 is 0 Å². The molecule has 0 bridgehead atoms. The Hall–Kier alpha value is -3.20. The number of hydrogen-bond donors (Lipinski definition) is 3. The molecule has 1 aromatic carbocycles. The molecular formula is C19H20F3N3O8S. The molecule has 15 heteroatoms. The molecule has 2 aliphatic rings. The topological polar surface area (TPSA) is 159 Å². The number of cyclic esters (lactones) is 1. The van der Waals surface area contributed by atoms with Crippen molar-refractivity contribution in [1.82, 2.24) is 15.5 Å². The largest absolute Gasteiger partial charge is 0.434 e. The highest BCUT2D eigenvalue weighted by Gasteiger charge is 2.38. The molecule has 0 spiro atoms. The van der Waals surface area contributed by atoms with Crippen LogP contribution in [0, 0.1) is 0 Å². The summed E-state index contributed by atoms with van der Waals surface area (Å²) in [6, 6.07) is 0.671. The molecule has 3 N–H and O–H groups in total. The van der Waals surface area contributed by atoms with E-state index in [4.69, 9.17) is 0 Å². The predicted octanol–water partition coefficient (Wildman–Crippen LogP) is -1.19. The molecule has 2 aliphatic heterocycles. The summed E-state index contributed by atoms with van der Waals surface area (Å²) in [5, 5.41) is 14.0. The highest BCUT2D eigenvalue weighted by atomic mass is 32.2. The lowest BCUT2D eigenvalue weighted by Gasteiger charge is -2.24. The third-order valence-corrected chi connectivity index (χ3v) is 6.77. The van der Waals surface area contributed by atoms with Gasteiger partial charge in [0.05, 0.1) is 30.0 Å². The predicted molar refractivity (Wildman–Crippen MR) is 107 cm³/mol. The second kappa shape index (κ2) is 9.58. The maximum absolute atomic E-state index is 12.9. The molecule has 1 unspecified atom stereocenters. The average Bonchev–Trinajstić information content (AvgIpc) is 3.00. The number of sulfone groups is 1. The lowest BCUT2D eigenvalue weighted by atomic mass is 10.1. The SMILES string of the molecule is O=C(CN1CCS(=O)(=O)C[C@H](NC(=O)c2cccc(C(F)(F)F)c2)C1=O)N[C@H]1CC(=O)OC1O. The van der Waals surface area contributed by atoms with Gasteiger partial charge in [-0.05, 0) is 18.2 Å². The number of nitrogens with one attached hydrogen (secondary N) is 2. The van der Waals surface area contributed by atoms with E-state index in [0.717, 1.165) is 23.1 Å². The first-order valence-electron chi connectivity index (χ1n) is 9.89. The Morgan fingerprint density at radius 1 is 1.21 bits per heavy atom. The van der Waals surface area contributed by atoms with Crippen LogP contribution in [0.5, 0.6) is 0 Å². The molecule has 11 nitrogen and oxygen atoms in total. The average molecular weight is 507 g/mol. The molecule has 3 rings (SSSR count). The number of aliphatic hydroxyl groups is 1. The highest BCUT2D eigenvalue weighted by Crippen LogP contribution is 2.29. The molecule has 186 valence electrons. The molecule has 0 aliphatic carbocycles. The number of benzene rings is 1. The minimum absolute atomic E-state index is 0.301. The van der Waals surface area contributed by atoms with E-state index in [0.29, 0.717) is 6.07 Å². The number of ether oxygens (including phenoxy) is 1. The monoisotopic (exact) mass is 507 g/mol. The molecule has 2 heterocycles. The number of amides is 3. The van der Waals surface area contributed by atoms with Crippen LogP contribution in [0.1, 0.15) is 22.3 Å². The van der Waals surface area contributed by atoms with Gasteiger partial charge in [0.25, 0.3) is 5.91 Å². The van der Waals surface area contributed by atoms with Crippen molar-refractivity contribution < 1.29 is 50.6 Å². The van der Waals surface area contributed by atoms with Gasteiger partial charge in [0.2, 0.25) is 18.1 Å². The maximum Gasteiger partial charge on any atom is 0.416 e. The molecule has 3 amide bonds. The lowest BCUT2D eigenvalue weighted by molar-refractivity contribution is -0.155. The van der Waals surface area contributed by atoms with E-state index >= 15 is 0 Å². The van der Waals surface area contributed by atoms with E-state index in [1.54, 1.807) is 0 Å². The molecular weight excluding hydrogens is 487 g/mol. The van der Waals surface area contributed by atoms with Crippen molar-refractivity contribution in [2.45, 2.75) is 31.0 Å². The van der Waals surface area contributed by atoms with Crippen LogP contribution in [0.2, 0.25) is 0 Å². The third kappa shape index (κ3) is 6.22. The van der Waals surface area contributed by atoms with Gasteiger partial charge in [-0.1, -0.05) is 6.07 Å². The number of halogens is 3. The number of alkyl halides is 3. The molecule has 0 saturated carbocycles. The highest BCUT2D eigenvalue weighted by molar-refractivity contribution is 7.91. The summed E-state index contributed by atoms with van der Waals surface area (Å²) in [6.07, 6.45) is -6.59. The first-order valence-corrected chi connectivity index (χ1v) is 11.7. The van der Waals surface area contributed by atoms with Gasteiger partial charge in [0, 0.05) is 12.1 Å². The summed E-state index contributed by atoms with van der Waals surface area (Å²) in [7, 11) is -3.86. The van der Waals surface area contributed by atoms with Crippen LogP contribution in [0.4, 0.5) is 13.2 Å². The number of aliphatic hydroxyl groups excluding tert-OH is 1. The summed E-state index contributed by atoms with van der Waals surface area (Å²) in [6.45, 7) is -1.03. The number of nitrogens with zero attached hydrogens (tertiary/aromatic N) is 1. The van der Waals surface area contributed by atoms with Crippen LogP contribution in [-0.4, -0.2) is 85.1 Å². The Labute approximate surface area is 191 Å². The second-order valence-electron chi connectivity index (χ2n) is 7.74.